The summed E-state index contributed by atoms with van der Waals surface area (Å²) in [5.74, 6) is 0.827. The lowest BCUT2D eigenvalue weighted by atomic mass is 10.1. The van der Waals surface area contributed by atoms with E-state index < -0.39 is 0 Å². The molecule has 3 rings (SSSR count). The fourth-order valence-corrected chi connectivity index (χ4v) is 3.36. The van der Waals surface area contributed by atoms with E-state index in [1.54, 1.807) is 0 Å². The Morgan fingerprint density at radius 1 is 1.04 bits per heavy atom. The van der Waals surface area contributed by atoms with Gasteiger partial charge in [0.25, 0.3) is 0 Å². The van der Waals surface area contributed by atoms with Crippen LogP contribution in [0.25, 0.3) is 0 Å². The number of nitrogens with one attached hydrogen (secondary N) is 1. The summed E-state index contributed by atoms with van der Waals surface area (Å²) < 4.78 is 5.72. The molecular formula is C23H31N3O2. The molecular weight excluding hydrogens is 350 g/mol. The van der Waals surface area contributed by atoms with Gasteiger partial charge in [0.05, 0.1) is 13.0 Å². The molecule has 1 amide bonds. The maximum atomic E-state index is 12.2. The first kappa shape index (κ1) is 20.2. The molecule has 150 valence electrons. The van der Waals surface area contributed by atoms with E-state index in [0.29, 0.717) is 19.6 Å². The van der Waals surface area contributed by atoms with Gasteiger partial charge < -0.3 is 19.9 Å². The quantitative estimate of drug-likeness (QED) is 0.800. The normalized spacial score (nSPS) is 14.8. The summed E-state index contributed by atoms with van der Waals surface area (Å²) in [5.41, 5.74) is 4.82. The summed E-state index contributed by atoms with van der Waals surface area (Å²) in [7, 11) is 2.16. The van der Waals surface area contributed by atoms with Gasteiger partial charge in [-0.15, -0.1) is 0 Å². The Balaban J connectivity index is 1.47. The van der Waals surface area contributed by atoms with Crippen molar-refractivity contribution in [2.24, 2.45) is 0 Å². The van der Waals surface area contributed by atoms with E-state index in [1.165, 1.54) is 16.8 Å². The Morgan fingerprint density at radius 3 is 2.54 bits per heavy atom. The lowest BCUT2D eigenvalue weighted by Crippen LogP contribution is -2.45. The molecule has 5 nitrogen and oxygen atoms in total. The van der Waals surface area contributed by atoms with E-state index >= 15 is 0 Å². The van der Waals surface area contributed by atoms with Crippen molar-refractivity contribution in [1.29, 1.82) is 0 Å². The summed E-state index contributed by atoms with van der Waals surface area (Å²) in [5, 5.41) is 3.04. The zero-order chi connectivity index (χ0) is 19.9. The number of para-hydroxylation sites is 1. The van der Waals surface area contributed by atoms with Crippen molar-refractivity contribution < 1.29 is 9.53 Å². The monoisotopic (exact) mass is 381 g/mol. The molecule has 1 aliphatic heterocycles. The Bertz CT molecular complexity index is 798. The van der Waals surface area contributed by atoms with Gasteiger partial charge in [-0.05, 0) is 55.8 Å². The van der Waals surface area contributed by atoms with Crippen LogP contribution in [0, 0.1) is 13.8 Å². The lowest BCUT2D eigenvalue weighted by Gasteiger charge is -2.35. The molecule has 1 saturated heterocycles. The number of ether oxygens (including phenoxy) is 1. The van der Waals surface area contributed by atoms with Crippen LogP contribution < -0.4 is 15.0 Å². The first-order valence-electron chi connectivity index (χ1n) is 10.0. The molecule has 28 heavy (non-hydrogen) atoms. The highest BCUT2D eigenvalue weighted by atomic mass is 16.5. The molecule has 1 fully saturated rings. The van der Waals surface area contributed by atoms with Gasteiger partial charge in [0.1, 0.15) is 5.75 Å². The highest BCUT2D eigenvalue weighted by Gasteiger charge is 2.16. The molecule has 0 saturated carbocycles. The van der Waals surface area contributed by atoms with Crippen molar-refractivity contribution in [3.8, 4) is 5.75 Å². The molecule has 0 radical (unpaired) electrons. The number of carbonyl (C=O) groups is 1. The van der Waals surface area contributed by atoms with E-state index in [-0.39, 0.29) is 5.91 Å². The average Bonchev–Trinajstić information content (AvgIpc) is 2.70. The van der Waals surface area contributed by atoms with Gasteiger partial charge in [-0.2, -0.15) is 0 Å². The molecule has 1 N–H and O–H groups in total. The molecule has 0 atom stereocenters. The second-order valence-corrected chi connectivity index (χ2v) is 7.54. The van der Waals surface area contributed by atoms with Crippen LogP contribution in [-0.2, 0) is 11.3 Å². The third-order valence-electron chi connectivity index (χ3n) is 5.39. The number of nitrogens with zero attached hydrogens (tertiary/aromatic N) is 2. The summed E-state index contributed by atoms with van der Waals surface area (Å²) in [6.07, 6.45) is 0.351. The highest BCUT2D eigenvalue weighted by molar-refractivity contribution is 5.76. The molecule has 2 aromatic rings. The molecule has 2 aromatic carbocycles. The second kappa shape index (κ2) is 9.60. The Kier molecular flexibility index (Phi) is 6.93. The van der Waals surface area contributed by atoms with Crippen molar-refractivity contribution in [2.75, 3.05) is 44.7 Å². The lowest BCUT2D eigenvalue weighted by molar-refractivity contribution is -0.121. The number of hydrogen-bond donors (Lipinski definition) is 1. The number of rotatable bonds is 7. The van der Waals surface area contributed by atoms with Crippen LogP contribution in [0.15, 0.2) is 42.5 Å². The van der Waals surface area contributed by atoms with E-state index in [2.05, 4.69) is 54.2 Å². The molecule has 0 aromatic heterocycles. The van der Waals surface area contributed by atoms with Crippen molar-refractivity contribution in [3.63, 3.8) is 0 Å². The molecule has 0 aliphatic carbocycles. The van der Waals surface area contributed by atoms with Crippen LogP contribution in [-0.4, -0.2) is 50.6 Å². The summed E-state index contributed by atoms with van der Waals surface area (Å²) in [6.45, 7) is 9.24. The number of piperazine rings is 1. The van der Waals surface area contributed by atoms with Crippen molar-refractivity contribution >= 4 is 11.6 Å². The standard InChI is InChI=1S/C23H31N3O2/c1-18-8-9-21(16-19(18)2)28-15-10-23(27)24-17-20-6-4-5-7-22(20)26-13-11-25(3)12-14-26/h4-9,16H,10-15,17H2,1-3H3,(H,24,27). The molecule has 1 heterocycles. The van der Waals surface area contributed by atoms with Gasteiger partial charge in [0.15, 0.2) is 0 Å². The molecule has 0 spiro atoms. The maximum Gasteiger partial charge on any atom is 0.223 e. The van der Waals surface area contributed by atoms with Crippen LogP contribution in [0.3, 0.4) is 0 Å². The number of amides is 1. The smallest absolute Gasteiger partial charge is 0.223 e. The van der Waals surface area contributed by atoms with E-state index in [4.69, 9.17) is 4.74 Å². The third-order valence-corrected chi connectivity index (χ3v) is 5.39. The SMILES string of the molecule is Cc1ccc(OCCC(=O)NCc2ccccc2N2CCN(C)CC2)cc1C. The van der Waals surface area contributed by atoms with Crippen molar-refractivity contribution in [1.82, 2.24) is 10.2 Å². The fourth-order valence-electron chi connectivity index (χ4n) is 3.36. The van der Waals surface area contributed by atoms with Gasteiger partial charge in [-0.25, -0.2) is 0 Å². The highest BCUT2D eigenvalue weighted by Crippen LogP contribution is 2.21. The number of likely N-dealkylation sites (N-methyl/N-ethyl adjacent to an activating group) is 1. The van der Waals surface area contributed by atoms with Crippen LogP contribution in [0.2, 0.25) is 0 Å². The molecule has 0 unspecified atom stereocenters. The van der Waals surface area contributed by atoms with Crippen LogP contribution >= 0.6 is 0 Å². The van der Waals surface area contributed by atoms with Gasteiger partial charge in [-0.1, -0.05) is 24.3 Å². The third kappa shape index (κ3) is 5.49. The zero-order valence-corrected chi connectivity index (χ0v) is 17.2. The van der Waals surface area contributed by atoms with Crippen molar-refractivity contribution in [2.45, 2.75) is 26.8 Å². The van der Waals surface area contributed by atoms with Gasteiger partial charge in [0.2, 0.25) is 5.91 Å². The Morgan fingerprint density at radius 2 is 1.79 bits per heavy atom. The van der Waals surface area contributed by atoms with Gasteiger partial charge >= 0.3 is 0 Å². The number of aryl methyl sites for hydroxylation is 2. The Hall–Kier alpha value is -2.53. The number of anilines is 1. The number of benzene rings is 2. The van der Waals surface area contributed by atoms with Crippen molar-refractivity contribution in [3.05, 3.63) is 59.2 Å². The van der Waals surface area contributed by atoms with Crippen LogP contribution in [0.1, 0.15) is 23.1 Å². The topological polar surface area (TPSA) is 44.8 Å². The minimum atomic E-state index is 0.0111. The largest absolute Gasteiger partial charge is 0.493 e. The second-order valence-electron chi connectivity index (χ2n) is 7.54. The minimum absolute atomic E-state index is 0.0111. The summed E-state index contributed by atoms with van der Waals surface area (Å²) in [6, 6.07) is 14.3. The fraction of sp³-hybridized carbons (Fsp3) is 0.435. The molecule has 1 aliphatic rings. The molecule has 0 bridgehead atoms. The molecule has 5 heteroatoms. The van der Waals surface area contributed by atoms with E-state index in [1.807, 2.05) is 24.3 Å². The number of hydrogen-bond acceptors (Lipinski definition) is 4. The van der Waals surface area contributed by atoms with Gasteiger partial charge in [0, 0.05) is 38.4 Å². The zero-order valence-electron chi connectivity index (χ0n) is 17.2. The predicted molar refractivity (Wildman–Crippen MR) is 114 cm³/mol. The first-order chi connectivity index (χ1) is 13.5. The minimum Gasteiger partial charge on any atom is -0.493 e. The van der Waals surface area contributed by atoms with Crippen LogP contribution in [0.4, 0.5) is 5.69 Å². The number of carbonyl (C=O) groups excluding carboxylic acids is 1. The van der Waals surface area contributed by atoms with Gasteiger partial charge in [-0.3, -0.25) is 4.79 Å². The summed E-state index contributed by atoms with van der Waals surface area (Å²) in [4.78, 5) is 17.0. The van der Waals surface area contributed by atoms with Crippen LogP contribution in [0.5, 0.6) is 5.75 Å². The Labute approximate surface area is 168 Å². The first-order valence-corrected chi connectivity index (χ1v) is 10.0. The predicted octanol–water partition coefficient (Wildman–Crippen LogP) is 3.14. The average molecular weight is 382 g/mol. The van der Waals surface area contributed by atoms with E-state index in [0.717, 1.165) is 37.5 Å². The van der Waals surface area contributed by atoms with E-state index in [9.17, 15) is 4.79 Å². The summed E-state index contributed by atoms with van der Waals surface area (Å²) >= 11 is 0. The maximum absolute atomic E-state index is 12.2.